The summed E-state index contributed by atoms with van der Waals surface area (Å²) in [7, 11) is 1.80. The van der Waals surface area contributed by atoms with Gasteiger partial charge in [0.15, 0.2) is 0 Å². The lowest BCUT2D eigenvalue weighted by Gasteiger charge is -2.17. The molecule has 19 heavy (non-hydrogen) atoms. The number of hydrogen-bond acceptors (Lipinski definition) is 2. The van der Waals surface area contributed by atoms with Crippen LogP contribution in [0.3, 0.4) is 0 Å². The van der Waals surface area contributed by atoms with E-state index in [2.05, 4.69) is 26.2 Å². The zero-order chi connectivity index (χ0) is 13.8. The highest BCUT2D eigenvalue weighted by atomic mass is 79.9. The Morgan fingerprint density at radius 2 is 2.05 bits per heavy atom. The van der Waals surface area contributed by atoms with Crippen LogP contribution in [0.25, 0.3) is 0 Å². The van der Waals surface area contributed by atoms with Crippen LogP contribution in [-0.4, -0.2) is 12.0 Å². The van der Waals surface area contributed by atoms with Gasteiger partial charge in [-0.15, -0.1) is 0 Å². The number of likely N-dealkylation sites (N-methyl/N-ethyl adjacent to an activating group) is 1. The molecule has 0 aliphatic rings. The molecule has 1 heterocycles. The number of rotatable bonds is 4. The highest BCUT2D eigenvalue weighted by molar-refractivity contribution is 9.10. The zero-order valence-corrected chi connectivity index (χ0v) is 11.9. The van der Waals surface area contributed by atoms with Gasteiger partial charge in [-0.05, 0) is 52.7 Å². The van der Waals surface area contributed by atoms with Gasteiger partial charge < -0.3 is 5.32 Å². The number of nitrogens with one attached hydrogen (secondary N) is 1. The Morgan fingerprint density at radius 1 is 1.26 bits per heavy atom. The quantitative estimate of drug-likeness (QED) is 0.928. The lowest BCUT2D eigenvalue weighted by molar-refractivity contribution is 0.540. The summed E-state index contributed by atoms with van der Waals surface area (Å²) in [5, 5.41) is 3.11. The van der Waals surface area contributed by atoms with Crippen molar-refractivity contribution in [3.63, 3.8) is 0 Å². The molecule has 0 bridgehead atoms. The number of hydrogen-bond donors (Lipinski definition) is 1. The standard InChI is InChI=1S/C14H13BrF2N2/c1-18-14(10-4-11(15)8-19-7-10)5-9-2-3-12(16)6-13(9)17/h2-4,6-8,14,18H,5H2,1H3. The van der Waals surface area contributed by atoms with E-state index in [4.69, 9.17) is 0 Å². The van der Waals surface area contributed by atoms with Crippen LogP contribution in [0.15, 0.2) is 41.1 Å². The lowest BCUT2D eigenvalue weighted by atomic mass is 10.00. The zero-order valence-electron chi connectivity index (χ0n) is 10.3. The first-order valence-electron chi connectivity index (χ1n) is 5.82. The molecule has 1 N–H and O–H groups in total. The molecule has 0 aliphatic carbocycles. The van der Waals surface area contributed by atoms with Crippen molar-refractivity contribution in [2.24, 2.45) is 0 Å². The minimum absolute atomic E-state index is 0.0787. The second-order valence-corrected chi connectivity index (χ2v) is 5.13. The molecule has 1 atom stereocenters. The summed E-state index contributed by atoms with van der Waals surface area (Å²) in [5.74, 6) is -1.09. The van der Waals surface area contributed by atoms with Gasteiger partial charge in [0.25, 0.3) is 0 Å². The van der Waals surface area contributed by atoms with E-state index in [0.29, 0.717) is 12.0 Å². The predicted octanol–water partition coefficient (Wildman–Crippen LogP) is 3.63. The van der Waals surface area contributed by atoms with Crippen molar-refractivity contribution >= 4 is 15.9 Å². The Bertz CT molecular complexity index is 575. The molecule has 0 fully saturated rings. The van der Waals surface area contributed by atoms with E-state index in [1.807, 2.05) is 6.07 Å². The van der Waals surface area contributed by atoms with Crippen LogP contribution in [0.5, 0.6) is 0 Å². The van der Waals surface area contributed by atoms with Crippen LogP contribution in [0.4, 0.5) is 8.78 Å². The first-order chi connectivity index (χ1) is 9.10. The van der Waals surface area contributed by atoms with Crippen LogP contribution in [0, 0.1) is 11.6 Å². The Hall–Kier alpha value is -1.33. The largest absolute Gasteiger partial charge is 0.313 e. The molecule has 0 aliphatic heterocycles. The molecule has 0 amide bonds. The highest BCUT2D eigenvalue weighted by Crippen LogP contribution is 2.22. The smallest absolute Gasteiger partial charge is 0.129 e. The van der Waals surface area contributed by atoms with Crippen LogP contribution < -0.4 is 5.32 Å². The van der Waals surface area contributed by atoms with Crippen molar-refractivity contribution in [3.05, 3.63) is 63.9 Å². The molecule has 1 unspecified atom stereocenters. The van der Waals surface area contributed by atoms with Crippen LogP contribution in [-0.2, 0) is 6.42 Å². The average Bonchev–Trinajstić information content (AvgIpc) is 2.38. The van der Waals surface area contributed by atoms with E-state index in [-0.39, 0.29) is 6.04 Å². The van der Waals surface area contributed by atoms with Gasteiger partial charge >= 0.3 is 0 Å². The fourth-order valence-corrected chi connectivity index (χ4v) is 2.30. The summed E-state index contributed by atoms with van der Waals surface area (Å²) in [5.41, 5.74) is 1.42. The minimum atomic E-state index is -0.564. The van der Waals surface area contributed by atoms with Crippen LogP contribution in [0.2, 0.25) is 0 Å². The first kappa shape index (κ1) is 14.1. The summed E-state index contributed by atoms with van der Waals surface area (Å²) in [6.45, 7) is 0. The van der Waals surface area contributed by atoms with Crippen LogP contribution in [0.1, 0.15) is 17.2 Å². The van der Waals surface area contributed by atoms with E-state index in [1.54, 1.807) is 19.4 Å². The van der Waals surface area contributed by atoms with Gasteiger partial charge in [0.2, 0.25) is 0 Å². The highest BCUT2D eigenvalue weighted by Gasteiger charge is 2.14. The maximum atomic E-state index is 13.6. The maximum Gasteiger partial charge on any atom is 0.129 e. The monoisotopic (exact) mass is 326 g/mol. The SMILES string of the molecule is CNC(Cc1ccc(F)cc1F)c1cncc(Br)c1. The van der Waals surface area contributed by atoms with Crippen LogP contribution >= 0.6 is 15.9 Å². The van der Waals surface area contributed by atoms with Gasteiger partial charge in [0, 0.05) is 29.0 Å². The molecule has 5 heteroatoms. The van der Waals surface area contributed by atoms with Gasteiger partial charge in [0.1, 0.15) is 11.6 Å². The third kappa shape index (κ3) is 3.58. The van der Waals surface area contributed by atoms with E-state index in [9.17, 15) is 8.78 Å². The van der Waals surface area contributed by atoms with Crippen molar-refractivity contribution in [1.29, 1.82) is 0 Å². The second kappa shape index (κ2) is 6.21. The topological polar surface area (TPSA) is 24.9 Å². The van der Waals surface area contributed by atoms with E-state index in [1.165, 1.54) is 12.1 Å². The molecule has 1 aromatic heterocycles. The fraction of sp³-hybridized carbons (Fsp3) is 0.214. The molecule has 0 saturated carbocycles. The number of benzene rings is 1. The van der Waals surface area contributed by atoms with Gasteiger partial charge in [-0.25, -0.2) is 8.78 Å². The van der Waals surface area contributed by atoms with Crippen molar-refractivity contribution in [3.8, 4) is 0 Å². The Balaban J connectivity index is 2.24. The number of nitrogens with zero attached hydrogens (tertiary/aromatic N) is 1. The van der Waals surface area contributed by atoms with Gasteiger partial charge in [-0.1, -0.05) is 6.07 Å². The minimum Gasteiger partial charge on any atom is -0.313 e. The summed E-state index contributed by atoms with van der Waals surface area (Å²) >= 11 is 3.36. The maximum absolute atomic E-state index is 13.6. The summed E-state index contributed by atoms with van der Waals surface area (Å²) in [6, 6.07) is 5.49. The van der Waals surface area contributed by atoms with E-state index in [0.717, 1.165) is 16.1 Å². The second-order valence-electron chi connectivity index (χ2n) is 4.22. The van der Waals surface area contributed by atoms with Crippen molar-refractivity contribution in [2.45, 2.75) is 12.5 Å². The normalized spacial score (nSPS) is 12.4. The summed E-state index contributed by atoms with van der Waals surface area (Å²) < 4.78 is 27.4. The lowest BCUT2D eigenvalue weighted by Crippen LogP contribution is -2.19. The molecule has 100 valence electrons. The first-order valence-corrected chi connectivity index (χ1v) is 6.61. The third-order valence-corrected chi connectivity index (χ3v) is 3.35. The predicted molar refractivity (Wildman–Crippen MR) is 73.8 cm³/mol. The molecule has 2 rings (SSSR count). The van der Waals surface area contributed by atoms with Gasteiger partial charge in [-0.3, -0.25) is 4.98 Å². The fourth-order valence-electron chi connectivity index (χ4n) is 1.91. The molecule has 0 radical (unpaired) electrons. The molecular weight excluding hydrogens is 314 g/mol. The van der Waals surface area contributed by atoms with Crippen molar-refractivity contribution in [2.75, 3.05) is 7.05 Å². The van der Waals surface area contributed by atoms with Gasteiger partial charge in [-0.2, -0.15) is 0 Å². The Labute approximate surface area is 119 Å². The molecular formula is C14H13BrF2N2. The van der Waals surface area contributed by atoms with E-state index < -0.39 is 11.6 Å². The number of aromatic nitrogens is 1. The summed E-state index contributed by atoms with van der Waals surface area (Å²) in [6.07, 6.45) is 3.85. The Morgan fingerprint density at radius 3 is 2.68 bits per heavy atom. The molecule has 2 aromatic rings. The van der Waals surface area contributed by atoms with Crippen molar-refractivity contribution in [1.82, 2.24) is 10.3 Å². The average molecular weight is 327 g/mol. The Kier molecular flexibility index (Phi) is 4.61. The molecule has 0 spiro atoms. The third-order valence-electron chi connectivity index (χ3n) is 2.92. The molecule has 1 aromatic carbocycles. The van der Waals surface area contributed by atoms with Crippen molar-refractivity contribution < 1.29 is 8.78 Å². The number of halogens is 3. The molecule has 0 saturated heterocycles. The summed E-state index contributed by atoms with van der Waals surface area (Å²) in [4.78, 5) is 4.09. The van der Waals surface area contributed by atoms with Gasteiger partial charge in [0.05, 0.1) is 0 Å². The van der Waals surface area contributed by atoms with E-state index >= 15 is 0 Å². The molecule has 2 nitrogen and oxygen atoms in total. The number of pyridine rings is 1.